The molecule has 0 heterocycles. The van der Waals surface area contributed by atoms with Crippen LogP contribution in [0.25, 0.3) is 11.1 Å². The first-order valence-electron chi connectivity index (χ1n) is 12.3. The second-order valence-corrected chi connectivity index (χ2v) is 9.28. The fourth-order valence-electron chi connectivity index (χ4n) is 5.05. The van der Waals surface area contributed by atoms with E-state index in [1.54, 1.807) is 11.1 Å². The summed E-state index contributed by atoms with van der Waals surface area (Å²) in [5.41, 5.74) is 6.09. The Labute approximate surface area is 174 Å². The quantitative estimate of drug-likeness (QED) is 0.356. The van der Waals surface area contributed by atoms with Gasteiger partial charge < -0.3 is 0 Å². The molecule has 0 N–H and O–H groups in total. The molecule has 2 atom stereocenters. The lowest BCUT2D eigenvalue weighted by molar-refractivity contribution is 0.423. The Morgan fingerprint density at radius 3 is 1.71 bits per heavy atom. The van der Waals surface area contributed by atoms with Crippen molar-refractivity contribution in [3.63, 3.8) is 0 Å². The molecular weight excluding hydrogens is 336 g/mol. The van der Waals surface area contributed by atoms with Crippen LogP contribution in [-0.2, 0) is 0 Å². The number of unbranched alkanes of at least 4 members (excludes halogenated alkanes) is 5. The fraction of sp³-hybridized carbons (Fsp3) is 0.643. The molecular formula is C28H42. The van der Waals surface area contributed by atoms with Crippen molar-refractivity contribution < 1.29 is 0 Å². The summed E-state index contributed by atoms with van der Waals surface area (Å²) in [6, 6.07) is 9.50. The van der Waals surface area contributed by atoms with Gasteiger partial charge in [-0.25, -0.2) is 0 Å². The molecule has 154 valence electrons. The van der Waals surface area contributed by atoms with Gasteiger partial charge in [-0.3, -0.25) is 0 Å². The first-order valence-corrected chi connectivity index (χ1v) is 12.3. The maximum absolute atomic E-state index is 2.55. The summed E-state index contributed by atoms with van der Waals surface area (Å²) in [5.74, 6) is 1.85. The summed E-state index contributed by atoms with van der Waals surface area (Å²) in [7, 11) is 0. The highest BCUT2D eigenvalue weighted by atomic mass is 14.2. The van der Waals surface area contributed by atoms with E-state index in [9.17, 15) is 0 Å². The third-order valence-electron chi connectivity index (χ3n) is 7.21. The molecule has 2 unspecified atom stereocenters. The van der Waals surface area contributed by atoms with Crippen molar-refractivity contribution >= 4 is 11.1 Å². The van der Waals surface area contributed by atoms with Gasteiger partial charge in [-0.1, -0.05) is 102 Å². The average Bonchev–Trinajstić information content (AvgIpc) is 2.77. The van der Waals surface area contributed by atoms with Crippen molar-refractivity contribution in [3.05, 3.63) is 47.5 Å². The van der Waals surface area contributed by atoms with E-state index in [1.165, 1.54) is 101 Å². The Morgan fingerprint density at radius 2 is 1.21 bits per heavy atom. The van der Waals surface area contributed by atoms with E-state index in [-0.39, 0.29) is 0 Å². The summed E-state index contributed by atoms with van der Waals surface area (Å²) in [6.45, 7) is 4.63. The lowest BCUT2D eigenvalue weighted by Gasteiger charge is -2.23. The number of benzene rings is 1. The lowest BCUT2D eigenvalue weighted by atomic mass is 9.82. The Morgan fingerprint density at radius 1 is 0.679 bits per heavy atom. The van der Waals surface area contributed by atoms with Crippen LogP contribution in [0.1, 0.15) is 115 Å². The lowest BCUT2D eigenvalue weighted by Crippen LogP contribution is -2.06. The summed E-state index contributed by atoms with van der Waals surface area (Å²) < 4.78 is 0. The van der Waals surface area contributed by atoms with E-state index in [1.807, 2.05) is 0 Å². The van der Waals surface area contributed by atoms with Gasteiger partial charge >= 0.3 is 0 Å². The van der Waals surface area contributed by atoms with E-state index in [4.69, 9.17) is 0 Å². The number of rotatable bonds is 10. The predicted molar refractivity (Wildman–Crippen MR) is 125 cm³/mol. The molecule has 0 spiro atoms. The Balaban J connectivity index is 1.45. The van der Waals surface area contributed by atoms with Gasteiger partial charge in [-0.2, -0.15) is 0 Å². The van der Waals surface area contributed by atoms with Gasteiger partial charge in [0, 0.05) is 0 Å². The van der Waals surface area contributed by atoms with Crippen LogP contribution >= 0.6 is 0 Å². The summed E-state index contributed by atoms with van der Waals surface area (Å²) in [4.78, 5) is 0. The highest BCUT2D eigenvalue weighted by Gasteiger charge is 2.16. The standard InChI is InChI=1S/C28H42/c1-3-5-6-7-8-9-10-24-13-17-26(18-14-24)28-21-19-27(20-22-28)25-15-11-23(4-2)12-16-25/h15,17,19-24H,3-14,16,18H2,1-2H3. The van der Waals surface area contributed by atoms with Gasteiger partial charge in [0.15, 0.2) is 0 Å². The highest BCUT2D eigenvalue weighted by Crippen LogP contribution is 2.35. The molecule has 0 saturated heterocycles. The second-order valence-electron chi connectivity index (χ2n) is 9.28. The molecule has 0 fully saturated rings. The zero-order valence-electron chi connectivity index (χ0n) is 18.5. The van der Waals surface area contributed by atoms with Gasteiger partial charge in [-0.15, -0.1) is 0 Å². The van der Waals surface area contributed by atoms with Crippen molar-refractivity contribution in [2.75, 3.05) is 0 Å². The van der Waals surface area contributed by atoms with Crippen LogP contribution in [-0.4, -0.2) is 0 Å². The van der Waals surface area contributed by atoms with Crippen LogP contribution in [0.3, 0.4) is 0 Å². The minimum absolute atomic E-state index is 0.916. The van der Waals surface area contributed by atoms with Crippen molar-refractivity contribution in [3.8, 4) is 0 Å². The fourth-order valence-corrected chi connectivity index (χ4v) is 5.05. The molecule has 1 aromatic rings. The zero-order chi connectivity index (χ0) is 19.6. The highest BCUT2D eigenvalue weighted by molar-refractivity contribution is 5.71. The van der Waals surface area contributed by atoms with Crippen LogP contribution in [0.2, 0.25) is 0 Å². The SMILES string of the molecule is CCCCCCCCC1CC=C(c2ccc(C3=CCC(CC)CC3)cc2)CC1. The van der Waals surface area contributed by atoms with Crippen LogP contribution in [0.15, 0.2) is 36.4 Å². The molecule has 3 rings (SSSR count). The minimum atomic E-state index is 0.916. The topological polar surface area (TPSA) is 0 Å². The van der Waals surface area contributed by atoms with Crippen LogP contribution in [0.5, 0.6) is 0 Å². The van der Waals surface area contributed by atoms with Gasteiger partial charge in [0.25, 0.3) is 0 Å². The van der Waals surface area contributed by atoms with Gasteiger partial charge in [0.2, 0.25) is 0 Å². The molecule has 0 aliphatic heterocycles. The Kier molecular flexibility index (Phi) is 8.90. The normalized spacial score (nSPS) is 22.6. The van der Waals surface area contributed by atoms with Crippen LogP contribution in [0, 0.1) is 11.8 Å². The van der Waals surface area contributed by atoms with E-state index in [0.717, 1.165) is 11.8 Å². The summed E-state index contributed by atoms with van der Waals surface area (Å²) >= 11 is 0. The Bertz CT molecular complexity index is 631. The van der Waals surface area contributed by atoms with Crippen molar-refractivity contribution in [1.29, 1.82) is 0 Å². The first-order chi connectivity index (χ1) is 13.8. The maximum atomic E-state index is 2.55. The molecule has 2 aliphatic rings. The molecule has 0 heteroatoms. The average molecular weight is 379 g/mol. The smallest absolute Gasteiger partial charge is 0.0227 e. The third kappa shape index (κ3) is 6.36. The van der Waals surface area contributed by atoms with Crippen molar-refractivity contribution in [2.24, 2.45) is 11.8 Å². The molecule has 0 amide bonds. The zero-order valence-corrected chi connectivity index (χ0v) is 18.5. The van der Waals surface area contributed by atoms with E-state index in [0.29, 0.717) is 0 Å². The molecule has 2 aliphatic carbocycles. The molecule has 28 heavy (non-hydrogen) atoms. The summed E-state index contributed by atoms with van der Waals surface area (Å²) in [5, 5.41) is 0. The predicted octanol–water partition coefficient (Wildman–Crippen LogP) is 9.21. The molecule has 1 aromatic carbocycles. The Hall–Kier alpha value is -1.30. The molecule has 0 nitrogen and oxygen atoms in total. The number of hydrogen-bond donors (Lipinski definition) is 0. The van der Waals surface area contributed by atoms with E-state index in [2.05, 4.69) is 50.3 Å². The number of hydrogen-bond acceptors (Lipinski definition) is 0. The van der Waals surface area contributed by atoms with E-state index < -0.39 is 0 Å². The van der Waals surface area contributed by atoms with Gasteiger partial charge in [0.1, 0.15) is 0 Å². The molecule has 0 aromatic heterocycles. The molecule has 0 radical (unpaired) electrons. The second kappa shape index (κ2) is 11.6. The van der Waals surface area contributed by atoms with Crippen molar-refractivity contribution in [1.82, 2.24) is 0 Å². The van der Waals surface area contributed by atoms with Gasteiger partial charge in [0.05, 0.1) is 0 Å². The minimum Gasteiger partial charge on any atom is -0.0804 e. The van der Waals surface area contributed by atoms with E-state index >= 15 is 0 Å². The van der Waals surface area contributed by atoms with Crippen LogP contribution < -0.4 is 0 Å². The summed E-state index contributed by atoms with van der Waals surface area (Å²) in [6.07, 6.45) is 24.3. The van der Waals surface area contributed by atoms with Crippen LogP contribution in [0.4, 0.5) is 0 Å². The maximum Gasteiger partial charge on any atom is -0.0227 e. The molecule has 0 bridgehead atoms. The first kappa shape index (κ1) is 21.4. The third-order valence-corrected chi connectivity index (χ3v) is 7.21. The number of allylic oxidation sites excluding steroid dienone is 4. The largest absolute Gasteiger partial charge is 0.0804 e. The monoisotopic (exact) mass is 378 g/mol. The van der Waals surface area contributed by atoms with Gasteiger partial charge in [-0.05, 0) is 72.6 Å². The molecule has 0 saturated carbocycles. The van der Waals surface area contributed by atoms with Crippen molar-refractivity contribution in [2.45, 2.75) is 104 Å².